The van der Waals surface area contributed by atoms with Gasteiger partial charge in [0.15, 0.2) is 0 Å². The molecule has 0 aliphatic heterocycles. The van der Waals surface area contributed by atoms with Crippen LogP contribution in [0.3, 0.4) is 0 Å². The summed E-state index contributed by atoms with van der Waals surface area (Å²) in [5.74, 6) is 1.08. The predicted molar refractivity (Wildman–Crippen MR) is 76.9 cm³/mol. The van der Waals surface area contributed by atoms with E-state index in [0.29, 0.717) is 18.2 Å². The highest BCUT2D eigenvalue weighted by molar-refractivity contribution is 5.37. The molecule has 0 bridgehead atoms. The third-order valence-corrected chi connectivity index (χ3v) is 2.82. The van der Waals surface area contributed by atoms with Crippen molar-refractivity contribution in [3.05, 3.63) is 47.4 Å². The molecule has 2 aromatic rings. The number of hydrogen-bond donors (Lipinski definition) is 1. The van der Waals surface area contributed by atoms with Crippen molar-refractivity contribution in [2.24, 2.45) is 0 Å². The quantitative estimate of drug-likeness (QED) is 0.857. The van der Waals surface area contributed by atoms with Crippen molar-refractivity contribution in [3.63, 3.8) is 0 Å². The lowest BCUT2D eigenvalue weighted by Crippen LogP contribution is -2.15. The first-order chi connectivity index (χ1) is 10.4. The Morgan fingerprint density at radius 3 is 2.55 bits per heavy atom. The Bertz CT molecular complexity index is 624. The number of para-hydroxylation sites is 1. The Labute approximate surface area is 126 Å². The fourth-order valence-electron chi connectivity index (χ4n) is 1.97. The van der Waals surface area contributed by atoms with E-state index in [4.69, 9.17) is 4.74 Å². The minimum atomic E-state index is -4.43. The molecule has 118 valence electrons. The summed E-state index contributed by atoms with van der Waals surface area (Å²) in [5, 5.41) is 3.00. The zero-order valence-corrected chi connectivity index (χ0v) is 12.2. The van der Waals surface area contributed by atoms with Gasteiger partial charge in [-0.1, -0.05) is 12.1 Å². The molecule has 4 nitrogen and oxygen atoms in total. The molecule has 0 fully saturated rings. The first-order valence-corrected chi connectivity index (χ1v) is 6.71. The summed E-state index contributed by atoms with van der Waals surface area (Å²) < 4.78 is 43.6. The fraction of sp³-hybridized carbons (Fsp3) is 0.333. The molecule has 0 saturated carbocycles. The van der Waals surface area contributed by atoms with Crippen LogP contribution in [0.5, 0.6) is 5.75 Å². The molecule has 0 aliphatic rings. The van der Waals surface area contributed by atoms with Crippen molar-refractivity contribution in [1.82, 2.24) is 9.97 Å². The van der Waals surface area contributed by atoms with Gasteiger partial charge in [-0.15, -0.1) is 0 Å². The number of alkyl halides is 3. The summed E-state index contributed by atoms with van der Waals surface area (Å²) in [4.78, 5) is 8.32. The zero-order valence-electron chi connectivity index (χ0n) is 12.2. The number of anilines is 1. The van der Waals surface area contributed by atoms with Crippen LogP contribution in [-0.2, 0) is 6.18 Å². The van der Waals surface area contributed by atoms with Gasteiger partial charge in [0.2, 0.25) is 0 Å². The highest BCUT2D eigenvalue weighted by atomic mass is 19.4. The largest absolute Gasteiger partial charge is 0.491 e. The molecule has 0 saturated heterocycles. The maximum atomic E-state index is 12.8. The molecule has 22 heavy (non-hydrogen) atoms. The maximum absolute atomic E-state index is 12.8. The van der Waals surface area contributed by atoms with Crippen molar-refractivity contribution < 1.29 is 17.9 Å². The standard InChI is InChI=1S/C15H16F3N3O/c1-10-9-14(21-11(2)20-10)19-7-8-22-13-6-4-3-5-12(13)15(16,17)18/h3-6,9H,7-8H2,1-2H3,(H,19,20,21). The molecule has 2 rings (SSSR count). The zero-order chi connectivity index (χ0) is 16.2. The molecule has 0 atom stereocenters. The van der Waals surface area contributed by atoms with E-state index in [9.17, 15) is 13.2 Å². The average molecular weight is 311 g/mol. The van der Waals surface area contributed by atoms with Crippen molar-refractivity contribution in [3.8, 4) is 5.75 Å². The number of benzene rings is 1. The van der Waals surface area contributed by atoms with Crippen LogP contribution < -0.4 is 10.1 Å². The van der Waals surface area contributed by atoms with Crippen LogP contribution in [0.1, 0.15) is 17.1 Å². The monoisotopic (exact) mass is 311 g/mol. The third kappa shape index (κ3) is 4.34. The molecule has 1 heterocycles. The summed E-state index contributed by atoms with van der Waals surface area (Å²) in [6.45, 7) is 4.04. The molecular weight excluding hydrogens is 295 g/mol. The first-order valence-electron chi connectivity index (χ1n) is 6.71. The number of rotatable bonds is 5. The average Bonchev–Trinajstić information content (AvgIpc) is 2.42. The molecule has 7 heteroatoms. The molecule has 0 amide bonds. The molecule has 0 spiro atoms. The van der Waals surface area contributed by atoms with E-state index < -0.39 is 11.7 Å². The number of nitrogens with zero attached hydrogens (tertiary/aromatic N) is 2. The molecule has 0 radical (unpaired) electrons. The van der Waals surface area contributed by atoms with E-state index in [0.717, 1.165) is 11.8 Å². The summed E-state index contributed by atoms with van der Waals surface area (Å²) in [7, 11) is 0. The normalized spacial score (nSPS) is 11.3. The minimum absolute atomic E-state index is 0.0925. The van der Waals surface area contributed by atoms with E-state index in [1.807, 2.05) is 6.92 Å². The first kappa shape index (κ1) is 16.1. The lowest BCUT2D eigenvalue weighted by atomic mass is 10.2. The Morgan fingerprint density at radius 1 is 1.14 bits per heavy atom. The number of aromatic nitrogens is 2. The minimum Gasteiger partial charge on any atom is -0.491 e. The molecule has 1 aromatic carbocycles. The number of aryl methyl sites for hydroxylation is 2. The van der Waals surface area contributed by atoms with E-state index >= 15 is 0 Å². The Balaban J connectivity index is 1.92. The predicted octanol–water partition coefficient (Wildman–Crippen LogP) is 3.60. The smallest absolute Gasteiger partial charge is 0.419 e. The Hall–Kier alpha value is -2.31. The van der Waals surface area contributed by atoms with Gasteiger partial charge in [-0.25, -0.2) is 9.97 Å². The van der Waals surface area contributed by atoms with Gasteiger partial charge in [-0.05, 0) is 26.0 Å². The lowest BCUT2D eigenvalue weighted by molar-refractivity contribution is -0.138. The number of halogens is 3. The van der Waals surface area contributed by atoms with Crippen LogP contribution in [0.4, 0.5) is 19.0 Å². The number of nitrogens with one attached hydrogen (secondary N) is 1. The van der Waals surface area contributed by atoms with Crippen LogP contribution in [0, 0.1) is 13.8 Å². The molecule has 0 unspecified atom stereocenters. The van der Waals surface area contributed by atoms with Gasteiger partial charge in [0.25, 0.3) is 0 Å². The third-order valence-electron chi connectivity index (χ3n) is 2.82. The Morgan fingerprint density at radius 2 is 1.86 bits per heavy atom. The second-order valence-corrected chi connectivity index (χ2v) is 4.71. The van der Waals surface area contributed by atoms with Gasteiger partial charge < -0.3 is 10.1 Å². The van der Waals surface area contributed by atoms with Crippen molar-refractivity contribution in [1.29, 1.82) is 0 Å². The highest BCUT2D eigenvalue weighted by Gasteiger charge is 2.33. The van der Waals surface area contributed by atoms with Crippen molar-refractivity contribution in [2.75, 3.05) is 18.5 Å². The van der Waals surface area contributed by atoms with Gasteiger partial charge in [0.1, 0.15) is 24.0 Å². The topological polar surface area (TPSA) is 47.0 Å². The van der Waals surface area contributed by atoms with Crippen molar-refractivity contribution in [2.45, 2.75) is 20.0 Å². The Kier molecular flexibility index (Phi) is 4.85. The maximum Gasteiger partial charge on any atom is 0.419 e. The fourth-order valence-corrected chi connectivity index (χ4v) is 1.97. The van der Waals surface area contributed by atoms with Gasteiger partial charge in [-0.2, -0.15) is 13.2 Å². The molecule has 0 aliphatic carbocycles. The summed E-state index contributed by atoms with van der Waals surface area (Å²) in [6, 6.07) is 6.91. The van der Waals surface area contributed by atoms with Gasteiger partial charge in [0, 0.05) is 11.8 Å². The van der Waals surface area contributed by atoms with Crippen LogP contribution >= 0.6 is 0 Å². The van der Waals surface area contributed by atoms with Gasteiger partial charge in [-0.3, -0.25) is 0 Å². The lowest BCUT2D eigenvalue weighted by Gasteiger charge is -2.14. The van der Waals surface area contributed by atoms with Crippen LogP contribution in [0.25, 0.3) is 0 Å². The second-order valence-electron chi connectivity index (χ2n) is 4.71. The van der Waals surface area contributed by atoms with Crippen LogP contribution in [0.15, 0.2) is 30.3 Å². The molecule has 1 N–H and O–H groups in total. The van der Waals surface area contributed by atoms with E-state index in [2.05, 4.69) is 15.3 Å². The van der Waals surface area contributed by atoms with E-state index in [1.165, 1.54) is 18.2 Å². The van der Waals surface area contributed by atoms with Crippen molar-refractivity contribution >= 4 is 5.82 Å². The molecular formula is C15H16F3N3O. The van der Waals surface area contributed by atoms with Crippen LogP contribution in [-0.4, -0.2) is 23.1 Å². The van der Waals surface area contributed by atoms with Gasteiger partial charge in [0.05, 0.1) is 12.1 Å². The number of ether oxygens (including phenoxy) is 1. The van der Waals surface area contributed by atoms with E-state index in [1.54, 1.807) is 13.0 Å². The van der Waals surface area contributed by atoms with E-state index in [-0.39, 0.29) is 12.4 Å². The highest BCUT2D eigenvalue weighted by Crippen LogP contribution is 2.35. The summed E-state index contributed by atoms with van der Waals surface area (Å²) >= 11 is 0. The summed E-state index contributed by atoms with van der Waals surface area (Å²) in [6.07, 6.45) is -4.43. The van der Waals surface area contributed by atoms with Crippen LogP contribution in [0.2, 0.25) is 0 Å². The van der Waals surface area contributed by atoms with Gasteiger partial charge >= 0.3 is 6.18 Å². The summed E-state index contributed by atoms with van der Waals surface area (Å²) in [5.41, 5.74) is 0.0436. The second kappa shape index (κ2) is 6.64. The SMILES string of the molecule is Cc1cc(NCCOc2ccccc2C(F)(F)F)nc(C)n1. The number of hydrogen-bond acceptors (Lipinski definition) is 4. The molecule has 1 aromatic heterocycles.